The van der Waals surface area contributed by atoms with Gasteiger partial charge in [0.1, 0.15) is 12.4 Å². The van der Waals surface area contributed by atoms with E-state index < -0.39 is 6.10 Å². The fourth-order valence-corrected chi connectivity index (χ4v) is 1.08. The smallest absolute Gasteiger partial charge is 0.122 e. The molecule has 1 atom stereocenters. The summed E-state index contributed by atoms with van der Waals surface area (Å²) in [5.41, 5.74) is 0.699. The van der Waals surface area contributed by atoms with Crippen LogP contribution in [-0.2, 0) is 11.3 Å². The van der Waals surface area contributed by atoms with Gasteiger partial charge in [-0.3, -0.25) is 0 Å². The summed E-state index contributed by atoms with van der Waals surface area (Å²) >= 11 is 0. The van der Waals surface area contributed by atoms with Crippen LogP contribution in [-0.4, -0.2) is 20.9 Å². The molecular weight excluding hydrogens is 156 g/mol. The minimum atomic E-state index is -0.718. The molecule has 1 rings (SSSR count). The maximum absolute atomic E-state index is 10.1. The van der Waals surface area contributed by atoms with E-state index in [9.17, 15) is 9.90 Å². The van der Waals surface area contributed by atoms with Crippen molar-refractivity contribution < 1.29 is 9.90 Å². The molecule has 0 aliphatic rings. The lowest BCUT2D eigenvalue weighted by molar-refractivity contribution is -0.109. The Hall–Kier alpha value is -1.16. The zero-order valence-electron chi connectivity index (χ0n) is 6.97. The maximum Gasteiger partial charge on any atom is 0.122 e. The Morgan fingerprint density at radius 1 is 1.83 bits per heavy atom. The standard InChI is InChI=1S/C8H12N2O2/c1-2-10-6-9-5-7(10)8(12)3-4-11/h4-6,8,12H,2-3H2,1H3. The summed E-state index contributed by atoms with van der Waals surface area (Å²) in [5, 5.41) is 9.43. The van der Waals surface area contributed by atoms with Gasteiger partial charge in [0.15, 0.2) is 0 Å². The van der Waals surface area contributed by atoms with Crippen molar-refractivity contribution in [1.82, 2.24) is 9.55 Å². The molecule has 12 heavy (non-hydrogen) atoms. The predicted molar refractivity (Wildman–Crippen MR) is 43.5 cm³/mol. The highest BCUT2D eigenvalue weighted by Crippen LogP contribution is 2.14. The van der Waals surface area contributed by atoms with Gasteiger partial charge in [0.2, 0.25) is 0 Å². The lowest BCUT2D eigenvalue weighted by atomic mass is 10.2. The predicted octanol–water partition coefficient (Wildman–Crippen LogP) is 0.525. The molecule has 0 radical (unpaired) electrons. The molecule has 1 unspecified atom stereocenters. The van der Waals surface area contributed by atoms with Gasteiger partial charge < -0.3 is 14.5 Å². The third-order valence-electron chi connectivity index (χ3n) is 1.75. The number of rotatable bonds is 4. The number of hydrogen-bond acceptors (Lipinski definition) is 3. The van der Waals surface area contributed by atoms with Gasteiger partial charge in [-0.15, -0.1) is 0 Å². The van der Waals surface area contributed by atoms with Gasteiger partial charge in [0.05, 0.1) is 18.2 Å². The van der Waals surface area contributed by atoms with Crippen molar-refractivity contribution >= 4 is 6.29 Å². The van der Waals surface area contributed by atoms with E-state index in [0.717, 1.165) is 6.54 Å². The summed E-state index contributed by atoms with van der Waals surface area (Å²) in [5.74, 6) is 0. The Bertz CT molecular complexity index is 257. The van der Waals surface area contributed by atoms with E-state index in [0.29, 0.717) is 12.0 Å². The lowest BCUT2D eigenvalue weighted by Crippen LogP contribution is -2.05. The number of aliphatic hydroxyl groups excluding tert-OH is 1. The van der Waals surface area contributed by atoms with Crippen molar-refractivity contribution in [2.24, 2.45) is 0 Å². The Morgan fingerprint density at radius 3 is 3.17 bits per heavy atom. The van der Waals surface area contributed by atoms with Crippen LogP contribution in [0.5, 0.6) is 0 Å². The first kappa shape index (κ1) is 8.93. The number of aromatic nitrogens is 2. The van der Waals surface area contributed by atoms with Gasteiger partial charge in [-0.1, -0.05) is 0 Å². The number of aryl methyl sites for hydroxylation is 1. The van der Waals surface area contributed by atoms with Crippen LogP contribution in [0.1, 0.15) is 25.1 Å². The highest BCUT2D eigenvalue weighted by molar-refractivity contribution is 5.50. The zero-order valence-corrected chi connectivity index (χ0v) is 6.97. The Kier molecular flexibility index (Phi) is 2.99. The Morgan fingerprint density at radius 2 is 2.58 bits per heavy atom. The second kappa shape index (κ2) is 4.01. The number of hydrogen-bond donors (Lipinski definition) is 1. The topological polar surface area (TPSA) is 55.1 Å². The number of imidazole rings is 1. The lowest BCUT2D eigenvalue weighted by Gasteiger charge is -2.08. The largest absolute Gasteiger partial charge is 0.386 e. The van der Waals surface area contributed by atoms with Crippen molar-refractivity contribution in [3.63, 3.8) is 0 Å². The summed E-state index contributed by atoms with van der Waals surface area (Å²) in [7, 11) is 0. The van der Waals surface area contributed by atoms with E-state index in [4.69, 9.17) is 0 Å². The van der Waals surface area contributed by atoms with E-state index in [-0.39, 0.29) is 6.42 Å². The normalized spacial score (nSPS) is 12.8. The molecule has 4 nitrogen and oxygen atoms in total. The minimum absolute atomic E-state index is 0.131. The first-order chi connectivity index (χ1) is 5.79. The molecule has 1 N–H and O–H groups in total. The summed E-state index contributed by atoms with van der Waals surface area (Å²) < 4.78 is 1.81. The van der Waals surface area contributed by atoms with Crippen LogP contribution >= 0.6 is 0 Å². The Labute approximate surface area is 70.9 Å². The average Bonchev–Trinajstić information content (AvgIpc) is 2.51. The van der Waals surface area contributed by atoms with Crippen LogP contribution in [0, 0.1) is 0 Å². The molecule has 0 saturated heterocycles. The molecule has 0 spiro atoms. The molecule has 0 saturated carbocycles. The van der Waals surface area contributed by atoms with E-state index in [2.05, 4.69) is 4.98 Å². The fraction of sp³-hybridized carbons (Fsp3) is 0.500. The molecule has 0 amide bonds. The van der Waals surface area contributed by atoms with Gasteiger partial charge in [-0.05, 0) is 6.92 Å². The van der Waals surface area contributed by atoms with Crippen molar-refractivity contribution in [2.45, 2.75) is 26.0 Å². The zero-order chi connectivity index (χ0) is 8.97. The molecule has 66 valence electrons. The average molecular weight is 168 g/mol. The molecule has 0 bridgehead atoms. The molecule has 0 aliphatic carbocycles. The highest BCUT2D eigenvalue weighted by Gasteiger charge is 2.10. The number of nitrogens with zero attached hydrogens (tertiary/aromatic N) is 2. The van der Waals surface area contributed by atoms with E-state index in [1.807, 2.05) is 11.5 Å². The van der Waals surface area contributed by atoms with Crippen LogP contribution in [0.25, 0.3) is 0 Å². The molecule has 0 aliphatic heterocycles. The quantitative estimate of drug-likeness (QED) is 0.667. The van der Waals surface area contributed by atoms with Gasteiger partial charge >= 0.3 is 0 Å². The highest BCUT2D eigenvalue weighted by atomic mass is 16.3. The minimum Gasteiger partial charge on any atom is -0.386 e. The summed E-state index contributed by atoms with van der Waals surface area (Å²) in [4.78, 5) is 14.0. The SMILES string of the molecule is CCn1cncc1C(O)CC=O. The van der Waals surface area contributed by atoms with Crippen LogP contribution in [0.3, 0.4) is 0 Å². The van der Waals surface area contributed by atoms with Crippen LogP contribution < -0.4 is 0 Å². The fourth-order valence-electron chi connectivity index (χ4n) is 1.08. The van der Waals surface area contributed by atoms with Crippen LogP contribution in [0.2, 0.25) is 0 Å². The van der Waals surface area contributed by atoms with Crippen molar-refractivity contribution in [3.05, 3.63) is 18.2 Å². The molecule has 0 fully saturated rings. The van der Waals surface area contributed by atoms with Gasteiger partial charge in [-0.2, -0.15) is 0 Å². The maximum atomic E-state index is 10.1. The van der Waals surface area contributed by atoms with Crippen LogP contribution in [0.4, 0.5) is 0 Å². The Balaban J connectivity index is 2.78. The van der Waals surface area contributed by atoms with E-state index in [1.54, 1.807) is 12.5 Å². The molecule has 0 aromatic carbocycles. The first-order valence-corrected chi connectivity index (χ1v) is 3.91. The summed E-state index contributed by atoms with van der Waals surface area (Å²) in [6, 6.07) is 0. The second-order valence-corrected chi connectivity index (χ2v) is 2.52. The van der Waals surface area contributed by atoms with Crippen molar-refractivity contribution in [3.8, 4) is 0 Å². The first-order valence-electron chi connectivity index (χ1n) is 3.91. The van der Waals surface area contributed by atoms with E-state index in [1.165, 1.54) is 0 Å². The number of aldehydes is 1. The van der Waals surface area contributed by atoms with Gasteiger partial charge in [0.25, 0.3) is 0 Å². The second-order valence-electron chi connectivity index (χ2n) is 2.52. The van der Waals surface area contributed by atoms with Gasteiger partial charge in [-0.25, -0.2) is 4.98 Å². The molecular formula is C8H12N2O2. The third kappa shape index (κ3) is 1.71. The van der Waals surface area contributed by atoms with Crippen molar-refractivity contribution in [2.75, 3.05) is 0 Å². The molecule has 1 aromatic heterocycles. The third-order valence-corrected chi connectivity index (χ3v) is 1.75. The summed E-state index contributed by atoms with van der Waals surface area (Å²) in [6.45, 7) is 2.71. The number of aliphatic hydroxyl groups is 1. The molecule has 1 heterocycles. The summed E-state index contributed by atoms with van der Waals surface area (Å²) in [6.07, 6.45) is 3.34. The number of carbonyl (C=O) groups is 1. The van der Waals surface area contributed by atoms with E-state index >= 15 is 0 Å². The van der Waals surface area contributed by atoms with Crippen molar-refractivity contribution in [1.29, 1.82) is 0 Å². The van der Waals surface area contributed by atoms with Gasteiger partial charge in [0, 0.05) is 13.0 Å². The van der Waals surface area contributed by atoms with Crippen LogP contribution in [0.15, 0.2) is 12.5 Å². The molecule has 1 aromatic rings. The molecule has 4 heteroatoms. The number of carbonyl (C=O) groups excluding carboxylic acids is 1. The monoisotopic (exact) mass is 168 g/mol.